The van der Waals surface area contributed by atoms with Crippen LogP contribution < -0.4 is 4.74 Å². The van der Waals surface area contributed by atoms with Crippen molar-refractivity contribution < 1.29 is 41.6 Å². The van der Waals surface area contributed by atoms with Gasteiger partial charge in [-0.05, 0) is 78.6 Å². The number of likely N-dealkylation sites (tertiary alicyclic amines) is 1. The molecule has 3 saturated heterocycles. The first-order valence-electron chi connectivity index (χ1n) is 17.0. The van der Waals surface area contributed by atoms with Crippen LogP contribution in [-0.4, -0.2) is 66.1 Å². The molecule has 7 unspecified atom stereocenters. The molecule has 4 bridgehead atoms. The van der Waals surface area contributed by atoms with Crippen molar-refractivity contribution in [1.82, 2.24) is 4.90 Å². The molecule has 9 rings (SSSR count). The minimum Gasteiger partial charge on any atom is -0.457 e. The Bertz CT molecular complexity index is 1980. The van der Waals surface area contributed by atoms with Crippen molar-refractivity contribution in [1.29, 1.82) is 0 Å². The molecule has 7 atom stereocenters. The van der Waals surface area contributed by atoms with Crippen molar-refractivity contribution in [3.8, 4) is 5.75 Å². The Kier molecular flexibility index (Phi) is 7.37. The molecule has 3 fully saturated rings. The number of carbonyl (C=O) groups is 3. The molecule has 10 nitrogen and oxygen atoms in total. The van der Waals surface area contributed by atoms with E-state index < -0.39 is 58.2 Å². The molecule has 6 aliphatic rings. The van der Waals surface area contributed by atoms with Gasteiger partial charge in [-0.1, -0.05) is 62.4 Å². The number of nitrogens with zero attached hydrogens (tertiary/aromatic N) is 1. The monoisotopic (exact) mass is 685 g/mol. The van der Waals surface area contributed by atoms with E-state index in [2.05, 4.69) is 24.3 Å². The summed E-state index contributed by atoms with van der Waals surface area (Å²) in [5.41, 5.74) is 5.33. The van der Waals surface area contributed by atoms with Gasteiger partial charge in [0.1, 0.15) is 17.8 Å². The van der Waals surface area contributed by atoms with Gasteiger partial charge < -0.3 is 19.1 Å². The molecule has 3 aliphatic carbocycles. The number of aryl methyl sites for hydroxylation is 1. The van der Waals surface area contributed by atoms with Crippen LogP contribution in [0.15, 0.2) is 65.6 Å². The summed E-state index contributed by atoms with van der Waals surface area (Å²) in [6.07, 6.45) is -1.82. The molecule has 0 saturated carbocycles. The molecule has 49 heavy (non-hydrogen) atoms. The van der Waals surface area contributed by atoms with E-state index in [0.29, 0.717) is 17.5 Å². The van der Waals surface area contributed by atoms with Crippen LogP contribution in [0.1, 0.15) is 85.3 Å². The Morgan fingerprint density at radius 3 is 2.10 bits per heavy atom. The standard InChI is InChI=1S/C38H39NO9S/c1-17(2)24-16-27(19(5)14-28(24)49(43,44)45)46-38(42)31-30-33-32(39(18(3)4)36(30)40)35(34(31)47-33)48-37(41)26-15-25-20-10-6-8-12-22(20)29(26)23-13-9-7-11-21(23)25/h6-14,16-18,25-26,29-35H,15H2,1-5H3,(H,43,44,45). The minimum absolute atomic E-state index is 0.0599. The first-order valence-corrected chi connectivity index (χ1v) is 18.4. The highest BCUT2D eigenvalue weighted by molar-refractivity contribution is 7.85. The highest BCUT2D eigenvalue weighted by Crippen LogP contribution is 2.57. The van der Waals surface area contributed by atoms with Crippen LogP contribution in [-0.2, 0) is 34.0 Å². The van der Waals surface area contributed by atoms with Gasteiger partial charge in [-0.2, -0.15) is 8.42 Å². The molecule has 3 aromatic carbocycles. The van der Waals surface area contributed by atoms with Gasteiger partial charge in [-0.3, -0.25) is 18.9 Å². The molecular formula is C38H39NO9S. The predicted octanol–water partition coefficient (Wildman–Crippen LogP) is 5.11. The summed E-state index contributed by atoms with van der Waals surface area (Å²) in [6, 6.07) is 18.5. The number of fused-ring (bicyclic) bond motifs is 2. The van der Waals surface area contributed by atoms with E-state index in [0.717, 1.165) is 11.1 Å². The molecule has 0 spiro atoms. The van der Waals surface area contributed by atoms with Crippen LogP contribution in [0.25, 0.3) is 0 Å². The van der Waals surface area contributed by atoms with Crippen LogP contribution in [0.5, 0.6) is 5.75 Å². The summed E-state index contributed by atoms with van der Waals surface area (Å²) in [5.74, 6) is -3.91. The zero-order chi connectivity index (χ0) is 34.7. The molecule has 3 aromatic rings. The fourth-order valence-electron chi connectivity index (χ4n) is 9.39. The largest absolute Gasteiger partial charge is 0.457 e. The Morgan fingerprint density at radius 1 is 0.918 bits per heavy atom. The maximum atomic E-state index is 14.3. The number of ether oxygens (including phenoxy) is 3. The zero-order valence-electron chi connectivity index (χ0n) is 27.9. The third-order valence-corrected chi connectivity index (χ3v) is 12.3. The molecular weight excluding hydrogens is 646 g/mol. The number of hydrogen-bond donors (Lipinski definition) is 1. The van der Waals surface area contributed by atoms with Gasteiger partial charge in [0.25, 0.3) is 10.1 Å². The second-order valence-corrected chi connectivity index (χ2v) is 16.1. The Morgan fingerprint density at radius 2 is 1.53 bits per heavy atom. The quantitative estimate of drug-likeness (QED) is 0.204. The second kappa shape index (κ2) is 11.2. The van der Waals surface area contributed by atoms with Crippen molar-refractivity contribution in [3.63, 3.8) is 0 Å². The van der Waals surface area contributed by atoms with Crippen molar-refractivity contribution in [2.45, 2.75) is 94.1 Å². The number of rotatable bonds is 7. The summed E-state index contributed by atoms with van der Waals surface area (Å²) < 4.78 is 52.7. The van der Waals surface area contributed by atoms with Crippen molar-refractivity contribution >= 4 is 28.0 Å². The lowest BCUT2D eigenvalue weighted by Gasteiger charge is -2.45. The molecule has 256 valence electrons. The summed E-state index contributed by atoms with van der Waals surface area (Å²) in [6.45, 7) is 8.89. The fraction of sp³-hybridized carbons (Fsp3) is 0.447. The van der Waals surface area contributed by atoms with Crippen LogP contribution >= 0.6 is 0 Å². The van der Waals surface area contributed by atoms with Gasteiger partial charge >= 0.3 is 11.9 Å². The maximum Gasteiger partial charge on any atom is 0.318 e. The van der Waals surface area contributed by atoms with E-state index in [9.17, 15) is 27.4 Å². The number of hydrogen-bond acceptors (Lipinski definition) is 8. The lowest BCUT2D eigenvalue weighted by molar-refractivity contribution is -0.164. The predicted molar refractivity (Wildman–Crippen MR) is 177 cm³/mol. The van der Waals surface area contributed by atoms with E-state index in [1.54, 1.807) is 25.7 Å². The molecule has 0 aromatic heterocycles. The van der Waals surface area contributed by atoms with Crippen LogP contribution in [0.2, 0.25) is 0 Å². The second-order valence-electron chi connectivity index (χ2n) is 14.7. The van der Waals surface area contributed by atoms with Gasteiger partial charge in [-0.15, -0.1) is 0 Å². The fourth-order valence-corrected chi connectivity index (χ4v) is 10.3. The van der Waals surface area contributed by atoms with E-state index >= 15 is 0 Å². The topological polar surface area (TPSA) is 137 Å². The van der Waals surface area contributed by atoms with Gasteiger partial charge in [0, 0.05) is 17.9 Å². The third-order valence-electron chi connectivity index (χ3n) is 11.4. The molecule has 3 aliphatic heterocycles. The van der Waals surface area contributed by atoms with Gasteiger partial charge in [0.2, 0.25) is 5.91 Å². The highest BCUT2D eigenvalue weighted by Gasteiger charge is 2.73. The summed E-state index contributed by atoms with van der Waals surface area (Å²) in [5, 5.41) is 0. The Hall–Kier alpha value is -4.06. The van der Waals surface area contributed by atoms with Gasteiger partial charge in [0.05, 0.1) is 28.9 Å². The molecule has 1 amide bonds. The molecule has 11 heteroatoms. The van der Waals surface area contributed by atoms with E-state index in [1.807, 2.05) is 38.1 Å². The SMILES string of the molecule is Cc1cc(S(=O)(=O)O)c(C(C)C)cc1OC(=O)C1C2OC3C1C(=O)N(C(C)C)C3C2OC(=O)C1CC2c3ccccc3C1c1ccccc12. The highest BCUT2D eigenvalue weighted by atomic mass is 32.2. The number of esters is 2. The molecule has 1 N–H and O–H groups in total. The molecule has 3 heterocycles. The average molecular weight is 686 g/mol. The smallest absolute Gasteiger partial charge is 0.318 e. The van der Waals surface area contributed by atoms with E-state index in [-0.39, 0.29) is 46.3 Å². The van der Waals surface area contributed by atoms with E-state index in [4.69, 9.17) is 14.2 Å². The first kappa shape index (κ1) is 32.2. The van der Waals surface area contributed by atoms with Crippen LogP contribution in [0.3, 0.4) is 0 Å². The summed E-state index contributed by atoms with van der Waals surface area (Å²) in [4.78, 5) is 43.7. The van der Waals surface area contributed by atoms with Crippen LogP contribution in [0.4, 0.5) is 0 Å². The van der Waals surface area contributed by atoms with Crippen LogP contribution in [0, 0.1) is 24.7 Å². The van der Waals surface area contributed by atoms with Gasteiger partial charge in [-0.25, -0.2) is 0 Å². The van der Waals surface area contributed by atoms with Gasteiger partial charge in [0.15, 0.2) is 6.10 Å². The van der Waals surface area contributed by atoms with Crippen molar-refractivity contribution in [2.24, 2.45) is 17.8 Å². The summed E-state index contributed by atoms with van der Waals surface area (Å²) >= 11 is 0. The maximum absolute atomic E-state index is 14.3. The Labute approximate surface area is 285 Å². The lowest BCUT2D eigenvalue weighted by atomic mass is 9.59. The third kappa shape index (κ3) is 4.72. The minimum atomic E-state index is -4.52. The number of amides is 1. The normalized spacial score (nSPS) is 30.6. The van der Waals surface area contributed by atoms with Crippen molar-refractivity contribution in [2.75, 3.05) is 0 Å². The van der Waals surface area contributed by atoms with E-state index in [1.165, 1.54) is 23.3 Å². The zero-order valence-corrected chi connectivity index (χ0v) is 28.7. The Balaban J connectivity index is 1.11. The first-order chi connectivity index (χ1) is 23.3. The lowest BCUT2D eigenvalue weighted by Crippen LogP contribution is -2.52. The molecule has 0 radical (unpaired) electrons. The average Bonchev–Trinajstić information content (AvgIpc) is 3.68. The number of benzene rings is 3. The van der Waals surface area contributed by atoms with Crippen molar-refractivity contribution in [3.05, 3.63) is 94.0 Å². The summed E-state index contributed by atoms with van der Waals surface area (Å²) in [7, 11) is -4.52. The number of carbonyl (C=O) groups excluding carboxylic acids is 3.